The second kappa shape index (κ2) is 7.11. The highest BCUT2D eigenvalue weighted by atomic mass is 32.2. The normalized spacial score (nSPS) is 15.8. The van der Waals surface area contributed by atoms with Crippen LogP contribution in [0.3, 0.4) is 0 Å². The molecule has 0 fully saturated rings. The molecule has 1 aliphatic heterocycles. The van der Waals surface area contributed by atoms with E-state index in [1.165, 1.54) is 33.5 Å². The molecule has 8 heteroatoms. The molecule has 6 nitrogen and oxygen atoms in total. The minimum atomic E-state index is -0.255. The Morgan fingerprint density at radius 3 is 2.48 bits per heavy atom. The van der Waals surface area contributed by atoms with Gasteiger partial charge < -0.3 is 0 Å². The second-order valence-electron chi connectivity index (χ2n) is 7.31. The summed E-state index contributed by atoms with van der Waals surface area (Å²) in [4.78, 5) is 46.0. The van der Waals surface area contributed by atoms with Crippen molar-refractivity contribution in [1.82, 2.24) is 14.5 Å². The minimum absolute atomic E-state index is 0.00219. The van der Waals surface area contributed by atoms with Crippen LogP contribution in [0.1, 0.15) is 44.0 Å². The van der Waals surface area contributed by atoms with Crippen LogP contribution in [0.15, 0.2) is 34.2 Å². The molecule has 1 aromatic carbocycles. The number of aromatic nitrogens is 2. The van der Waals surface area contributed by atoms with Crippen molar-refractivity contribution < 1.29 is 9.59 Å². The third kappa shape index (κ3) is 2.93. The van der Waals surface area contributed by atoms with Crippen molar-refractivity contribution in [3.05, 3.63) is 56.2 Å². The molecule has 2 aliphatic rings. The summed E-state index contributed by atoms with van der Waals surface area (Å²) in [5, 5.41) is 1.40. The SMILES string of the molecule is Cn1c(SCCN2C(=O)c3ccccc3C2=O)nc2sc3c(c2c1=O)CCCC3. The summed E-state index contributed by atoms with van der Waals surface area (Å²) >= 11 is 3.04. The molecular formula is C21H19N3O3S2. The van der Waals surface area contributed by atoms with Crippen LogP contribution < -0.4 is 5.56 Å². The number of rotatable bonds is 4. The number of carbonyl (C=O) groups excluding carboxylic acids is 2. The van der Waals surface area contributed by atoms with Gasteiger partial charge in [0.25, 0.3) is 17.4 Å². The Labute approximate surface area is 175 Å². The summed E-state index contributed by atoms with van der Waals surface area (Å²) in [6.45, 7) is 0.284. The molecule has 0 saturated carbocycles. The third-order valence-electron chi connectivity index (χ3n) is 5.58. The zero-order chi connectivity index (χ0) is 20.1. The number of fused-ring (bicyclic) bond motifs is 4. The van der Waals surface area contributed by atoms with Gasteiger partial charge in [-0.05, 0) is 43.4 Å². The lowest BCUT2D eigenvalue weighted by molar-refractivity contribution is 0.0664. The van der Waals surface area contributed by atoms with Gasteiger partial charge in [-0.2, -0.15) is 0 Å². The zero-order valence-corrected chi connectivity index (χ0v) is 17.6. The maximum atomic E-state index is 13.0. The van der Waals surface area contributed by atoms with Gasteiger partial charge in [0.05, 0.1) is 16.5 Å². The Kier molecular flexibility index (Phi) is 4.55. The predicted octanol–water partition coefficient (Wildman–Crippen LogP) is 3.26. The first-order chi connectivity index (χ1) is 14.1. The molecule has 5 rings (SSSR count). The average molecular weight is 426 g/mol. The van der Waals surface area contributed by atoms with Crippen LogP contribution in [0.2, 0.25) is 0 Å². The van der Waals surface area contributed by atoms with Gasteiger partial charge in [-0.1, -0.05) is 23.9 Å². The molecule has 0 radical (unpaired) electrons. The van der Waals surface area contributed by atoms with Crippen molar-refractivity contribution in [1.29, 1.82) is 0 Å². The van der Waals surface area contributed by atoms with E-state index in [1.54, 1.807) is 47.2 Å². The molecule has 3 heterocycles. The maximum absolute atomic E-state index is 13.0. The summed E-state index contributed by atoms with van der Waals surface area (Å²) in [7, 11) is 1.74. The van der Waals surface area contributed by atoms with Crippen LogP contribution in [0.4, 0.5) is 0 Å². The van der Waals surface area contributed by atoms with Crippen LogP contribution in [0.25, 0.3) is 10.2 Å². The van der Waals surface area contributed by atoms with Gasteiger partial charge in [-0.15, -0.1) is 11.3 Å². The molecule has 29 heavy (non-hydrogen) atoms. The number of carbonyl (C=O) groups is 2. The van der Waals surface area contributed by atoms with E-state index in [0.29, 0.717) is 22.0 Å². The fourth-order valence-corrected chi connectivity index (χ4v) is 6.27. The number of thioether (sulfide) groups is 1. The van der Waals surface area contributed by atoms with Crippen LogP contribution >= 0.6 is 23.1 Å². The first-order valence-corrected chi connectivity index (χ1v) is 11.5. The zero-order valence-electron chi connectivity index (χ0n) is 15.9. The first-order valence-electron chi connectivity index (χ1n) is 9.65. The van der Waals surface area contributed by atoms with E-state index in [4.69, 9.17) is 4.98 Å². The number of aryl methyl sites for hydroxylation is 2. The van der Waals surface area contributed by atoms with Crippen molar-refractivity contribution in [3.63, 3.8) is 0 Å². The molecule has 2 amide bonds. The summed E-state index contributed by atoms with van der Waals surface area (Å²) in [5.74, 6) is -0.0219. The number of amides is 2. The first kappa shape index (κ1) is 18.6. The number of thiophene rings is 1. The summed E-state index contributed by atoms with van der Waals surface area (Å²) in [5.41, 5.74) is 2.10. The number of hydrogen-bond acceptors (Lipinski definition) is 6. The Hall–Kier alpha value is -2.45. The van der Waals surface area contributed by atoms with E-state index in [9.17, 15) is 14.4 Å². The Morgan fingerprint density at radius 1 is 1.07 bits per heavy atom. The highest BCUT2D eigenvalue weighted by Crippen LogP contribution is 2.34. The highest BCUT2D eigenvalue weighted by Gasteiger charge is 2.34. The van der Waals surface area contributed by atoms with E-state index in [-0.39, 0.29) is 23.9 Å². The Balaban J connectivity index is 1.37. The molecule has 0 atom stereocenters. The van der Waals surface area contributed by atoms with Crippen LogP contribution in [0, 0.1) is 0 Å². The standard InChI is InChI=1S/C21H19N3O3S2/c1-23-20(27)16-14-8-4-5-9-15(14)29-17(16)22-21(23)28-11-10-24-18(25)12-6-2-3-7-13(12)19(24)26/h2-3,6-7H,4-5,8-11H2,1H3. The third-order valence-corrected chi connectivity index (χ3v) is 7.78. The van der Waals surface area contributed by atoms with E-state index < -0.39 is 0 Å². The molecule has 2 aromatic heterocycles. The molecule has 1 aliphatic carbocycles. The van der Waals surface area contributed by atoms with Gasteiger partial charge in [0.15, 0.2) is 5.16 Å². The van der Waals surface area contributed by atoms with Crippen LogP contribution in [0.5, 0.6) is 0 Å². The van der Waals surface area contributed by atoms with Gasteiger partial charge in [-0.25, -0.2) is 4.98 Å². The lowest BCUT2D eigenvalue weighted by atomic mass is 9.97. The lowest BCUT2D eigenvalue weighted by Gasteiger charge is -2.14. The molecule has 0 unspecified atom stereocenters. The monoisotopic (exact) mass is 425 g/mol. The molecule has 0 spiro atoms. The second-order valence-corrected chi connectivity index (χ2v) is 9.45. The number of benzene rings is 1. The molecule has 0 bridgehead atoms. The van der Waals surface area contributed by atoms with E-state index >= 15 is 0 Å². The lowest BCUT2D eigenvalue weighted by Crippen LogP contribution is -2.32. The molecule has 0 N–H and O–H groups in total. The minimum Gasteiger partial charge on any atom is -0.290 e. The van der Waals surface area contributed by atoms with Gasteiger partial charge >= 0.3 is 0 Å². The van der Waals surface area contributed by atoms with Crippen molar-refractivity contribution in [2.45, 2.75) is 30.8 Å². The summed E-state index contributed by atoms with van der Waals surface area (Å²) in [6, 6.07) is 6.89. The largest absolute Gasteiger partial charge is 0.290 e. The predicted molar refractivity (Wildman–Crippen MR) is 114 cm³/mol. The topological polar surface area (TPSA) is 72.3 Å². The number of imide groups is 1. The van der Waals surface area contributed by atoms with Gasteiger partial charge in [0.2, 0.25) is 0 Å². The quantitative estimate of drug-likeness (QED) is 0.364. The van der Waals surface area contributed by atoms with Gasteiger partial charge in [0, 0.05) is 24.2 Å². The molecule has 148 valence electrons. The van der Waals surface area contributed by atoms with E-state index in [0.717, 1.165) is 29.5 Å². The van der Waals surface area contributed by atoms with Crippen LogP contribution in [-0.4, -0.2) is 38.6 Å². The fourth-order valence-electron chi connectivity index (χ4n) is 4.07. The summed E-state index contributed by atoms with van der Waals surface area (Å²) < 4.78 is 1.59. The number of hydrogen-bond donors (Lipinski definition) is 0. The highest BCUT2D eigenvalue weighted by molar-refractivity contribution is 7.99. The maximum Gasteiger partial charge on any atom is 0.262 e. The van der Waals surface area contributed by atoms with Crippen molar-refractivity contribution in [2.24, 2.45) is 7.05 Å². The van der Waals surface area contributed by atoms with E-state index in [2.05, 4.69) is 0 Å². The average Bonchev–Trinajstić information content (AvgIpc) is 3.22. The smallest absolute Gasteiger partial charge is 0.262 e. The number of nitrogens with zero attached hydrogens (tertiary/aromatic N) is 3. The van der Waals surface area contributed by atoms with Crippen molar-refractivity contribution >= 4 is 45.1 Å². The Bertz CT molecular complexity index is 1190. The molecule has 3 aromatic rings. The van der Waals surface area contributed by atoms with Gasteiger partial charge in [-0.3, -0.25) is 23.9 Å². The van der Waals surface area contributed by atoms with E-state index in [1.807, 2.05) is 0 Å². The summed E-state index contributed by atoms with van der Waals surface area (Å²) in [6.07, 6.45) is 4.28. The molecule has 0 saturated heterocycles. The van der Waals surface area contributed by atoms with Crippen molar-refractivity contribution in [2.75, 3.05) is 12.3 Å². The Morgan fingerprint density at radius 2 is 1.76 bits per heavy atom. The molecular weight excluding hydrogens is 406 g/mol. The fraction of sp³-hybridized carbons (Fsp3) is 0.333. The van der Waals surface area contributed by atoms with Crippen molar-refractivity contribution in [3.8, 4) is 0 Å². The van der Waals surface area contributed by atoms with Gasteiger partial charge in [0.1, 0.15) is 4.83 Å². The van der Waals surface area contributed by atoms with Crippen LogP contribution in [-0.2, 0) is 19.9 Å².